The highest BCUT2D eigenvalue weighted by Crippen LogP contribution is 2.13. The topological polar surface area (TPSA) is 131 Å². The van der Waals surface area contributed by atoms with Crippen LogP contribution < -0.4 is 0 Å². The Balaban J connectivity index is 0.000000307. The molecule has 12 nitrogen and oxygen atoms in total. The summed E-state index contributed by atoms with van der Waals surface area (Å²) in [7, 11) is -2.12. The first-order valence-electron chi connectivity index (χ1n) is 13.9. The fraction of sp³-hybridized carbons (Fsp3) is 0.556. The van der Waals surface area contributed by atoms with Crippen molar-refractivity contribution in [3.8, 4) is 0 Å². The lowest BCUT2D eigenvalue weighted by Gasteiger charge is -2.16. The molecule has 0 spiro atoms. The molecule has 4 aromatic rings. The van der Waals surface area contributed by atoms with Gasteiger partial charge in [0.2, 0.25) is 21.1 Å². The molecule has 0 N–H and O–H groups in total. The van der Waals surface area contributed by atoms with Crippen LogP contribution in [-0.4, -0.2) is 78.4 Å². The first kappa shape index (κ1) is 39.1. The monoisotopic (exact) mass is 734 g/mol. The van der Waals surface area contributed by atoms with Crippen LogP contribution in [0.15, 0.2) is 25.0 Å². The third-order valence-electron chi connectivity index (χ3n) is 5.88. The van der Waals surface area contributed by atoms with Gasteiger partial charge in [0.25, 0.3) is 0 Å². The zero-order valence-corrected chi connectivity index (χ0v) is 30.8. The Morgan fingerprint density at radius 2 is 1.16 bits per heavy atom. The second kappa shape index (κ2) is 18.3. The van der Waals surface area contributed by atoms with Crippen molar-refractivity contribution in [2.45, 2.75) is 85.1 Å². The van der Waals surface area contributed by atoms with Crippen molar-refractivity contribution >= 4 is 62.6 Å². The molecule has 18 heteroatoms. The Kier molecular flexibility index (Phi) is 15.9. The van der Waals surface area contributed by atoms with Crippen LogP contribution in [-0.2, 0) is 35.8 Å². The minimum absolute atomic E-state index is 0. The lowest BCUT2D eigenvalue weighted by atomic mass is 10.3. The molecule has 0 unspecified atom stereocenters. The van der Waals surface area contributed by atoms with E-state index in [4.69, 9.17) is 55.9 Å². The van der Waals surface area contributed by atoms with Crippen molar-refractivity contribution in [2.75, 3.05) is 13.2 Å². The van der Waals surface area contributed by atoms with E-state index in [0.717, 1.165) is 36.7 Å². The molecule has 0 aromatic carbocycles. The van der Waals surface area contributed by atoms with Crippen molar-refractivity contribution in [3.63, 3.8) is 0 Å². The third-order valence-corrected chi connectivity index (χ3v) is 9.97. The van der Waals surface area contributed by atoms with Crippen LogP contribution in [0.4, 0.5) is 0 Å². The summed E-state index contributed by atoms with van der Waals surface area (Å²) < 4.78 is 15.2. The molecular formula is C27H42Cl4N10O2Si2. The van der Waals surface area contributed by atoms with Gasteiger partial charge in [-0.3, -0.25) is 0 Å². The van der Waals surface area contributed by atoms with Gasteiger partial charge in [-0.1, -0.05) is 46.7 Å². The van der Waals surface area contributed by atoms with Gasteiger partial charge in [-0.15, -0.1) is 0 Å². The molecular weight excluding hydrogens is 694 g/mol. The lowest BCUT2D eigenvalue weighted by Crippen LogP contribution is -2.22. The summed E-state index contributed by atoms with van der Waals surface area (Å²) >= 11 is 23.1. The molecule has 0 bridgehead atoms. The smallest absolute Gasteiger partial charge is 0.226 e. The van der Waals surface area contributed by atoms with Crippen LogP contribution in [0.5, 0.6) is 0 Å². The van der Waals surface area contributed by atoms with E-state index in [1.807, 2.05) is 15.3 Å². The predicted octanol–water partition coefficient (Wildman–Crippen LogP) is 7.19. The molecule has 0 aliphatic rings. The number of rotatable bonds is 14. The SMILES string of the molecule is C.C[Si](C)(C)CCOCn1cnc(Cc2nc(Cl)nc(Cl)n2)c1.C[Si](C)(C)CCOCn1cncc1Cc1nc(Cl)nc(Cl)n1. The average molecular weight is 737 g/mol. The van der Waals surface area contributed by atoms with Gasteiger partial charge in [0.1, 0.15) is 25.1 Å². The number of hydrogen-bond acceptors (Lipinski definition) is 10. The van der Waals surface area contributed by atoms with E-state index in [1.54, 1.807) is 18.9 Å². The molecule has 45 heavy (non-hydrogen) atoms. The van der Waals surface area contributed by atoms with E-state index >= 15 is 0 Å². The van der Waals surface area contributed by atoms with Crippen LogP contribution in [0, 0.1) is 0 Å². The van der Waals surface area contributed by atoms with E-state index in [2.05, 4.69) is 79.2 Å². The molecule has 248 valence electrons. The molecule has 0 radical (unpaired) electrons. The van der Waals surface area contributed by atoms with Gasteiger partial charge in [-0.2, -0.15) is 9.97 Å². The van der Waals surface area contributed by atoms with Crippen molar-refractivity contribution < 1.29 is 9.47 Å². The van der Waals surface area contributed by atoms with Gasteiger partial charge in [0.15, 0.2) is 0 Å². The lowest BCUT2D eigenvalue weighted by molar-refractivity contribution is 0.0855. The summed E-state index contributed by atoms with van der Waals surface area (Å²) in [6.07, 6.45) is 8.04. The molecule has 0 saturated carbocycles. The van der Waals surface area contributed by atoms with Crippen LogP contribution in [0.1, 0.15) is 30.5 Å². The molecule has 4 aromatic heterocycles. The van der Waals surface area contributed by atoms with E-state index in [9.17, 15) is 0 Å². The molecule has 4 rings (SSSR count). The normalized spacial score (nSPS) is 11.6. The number of hydrogen-bond donors (Lipinski definition) is 0. The fourth-order valence-corrected chi connectivity index (χ4v) is 5.79. The number of aromatic nitrogens is 10. The van der Waals surface area contributed by atoms with E-state index in [1.165, 1.54) is 0 Å². The van der Waals surface area contributed by atoms with Crippen LogP contribution in [0.3, 0.4) is 0 Å². The summed E-state index contributed by atoms with van der Waals surface area (Å²) in [4.78, 5) is 32.1. The van der Waals surface area contributed by atoms with Crippen molar-refractivity contribution in [3.05, 3.63) is 69.2 Å². The Bertz CT molecular complexity index is 1440. The van der Waals surface area contributed by atoms with Crippen molar-refractivity contribution in [2.24, 2.45) is 0 Å². The maximum atomic E-state index is 5.79. The number of halogens is 4. The van der Waals surface area contributed by atoms with Crippen molar-refractivity contribution in [1.29, 1.82) is 0 Å². The highest BCUT2D eigenvalue weighted by atomic mass is 35.5. The Morgan fingerprint density at radius 3 is 1.67 bits per heavy atom. The van der Waals surface area contributed by atoms with Crippen LogP contribution >= 0.6 is 46.4 Å². The number of nitrogens with zero attached hydrogens (tertiary/aromatic N) is 10. The van der Waals surface area contributed by atoms with E-state index in [0.29, 0.717) is 38.0 Å². The maximum Gasteiger partial charge on any atom is 0.226 e. The number of imidazole rings is 2. The second-order valence-electron chi connectivity index (χ2n) is 12.4. The maximum absolute atomic E-state index is 5.79. The first-order valence-corrected chi connectivity index (χ1v) is 22.8. The minimum atomic E-state index is -1.07. The quantitative estimate of drug-likeness (QED) is 0.0968. The summed E-state index contributed by atoms with van der Waals surface area (Å²) in [5.41, 5.74) is 1.76. The van der Waals surface area contributed by atoms with Gasteiger partial charge >= 0.3 is 0 Å². The van der Waals surface area contributed by atoms with Crippen LogP contribution in [0.25, 0.3) is 0 Å². The van der Waals surface area contributed by atoms with Crippen LogP contribution in [0.2, 0.25) is 72.5 Å². The number of ether oxygens (including phenoxy) is 2. The Labute approximate surface area is 287 Å². The van der Waals surface area contributed by atoms with Gasteiger partial charge < -0.3 is 18.6 Å². The minimum Gasteiger partial charge on any atom is -0.361 e. The summed E-state index contributed by atoms with van der Waals surface area (Å²) in [6, 6.07) is 2.28. The fourth-order valence-electron chi connectivity index (χ4n) is 3.48. The zero-order chi connectivity index (χ0) is 32.3. The molecule has 0 aliphatic heterocycles. The Morgan fingerprint density at radius 1 is 0.667 bits per heavy atom. The largest absolute Gasteiger partial charge is 0.361 e. The van der Waals surface area contributed by atoms with Crippen molar-refractivity contribution in [1.82, 2.24) is 49.0 Å². The van der Waals surface area contributed by atoms with E-state index < -0.39 is 16.1 Å². The molecule has 4 heterocycles. The summed E-state index contributed by atoms with van der Waals surface area (Å²) in [5, 5.41) is 0.355. The van der Waals surface area contributed by atoms with Gasteiger partial charge in [0.05, 0.1) is 24.8 Å². The standard InChI is InChI=1S/2C13H19Cl2N5OSi.CH4/c1-22(2,3)5-4-21-9-20-7-10(16-8-20)6-11-17-12(14)19-13(15)18-11;1-22(2,3)5-4-21-9-20-8-16-7-10(20)6-11-17-12(14)19-13(15)18-11;/h2*7-8H,4-6,9H2,1-3H3;1H4. The first-order chi connectivity index (χ1) is 20.6. The molecule has 0 fully saturated rings. The zero-order valence-electron chi connectivity index (χ0n) is 25.8. The average Bonchev–Trinajstić information content (AvgIpc) is 3.52. The van der Waals surface area contributed by atoms with Gasteiger partial charge in [-0.25, -0.2) is 29.9 Å². The third kappa shape index (κ3) is 15.9. The molecule has 0 saturated heterocycles. The van der Waals surface area contributed by atoms with E-state index in [-0.39, 0.29) is 28.6 Å². The van der Waals surface area contributed by atoms with Gasteiger partial charge in [0, 0.05) is 53.9 Å². The Hall–Kier alpha value is -2.05. The predicted molar refractivity (Wildman–Crippen MR) is 185 cm³/mol. The highest BCUT2D eigenvalue weighted by molar-refractivity contribution is 6.76. The second-order valence-corrected chi connectivity index (χ2v) is 25.0. The van der Waals surface area contributed by atoms with Gasteiger partial charge in [-0.05, 0) is 58.5 Å². The molecule has 0 aliphatic carbocycles. The highest BCUT2D eigenvalue weighted by Gasteiger charge is 2.14. The summed E-state index contributed by atoms with van der Waals surface area (Å²) in [6.45, 7) is 16.5. The summed E-state index contributed by atoms with van der Waals surface area (Å²) in [5.74, 6) is 1.00. The molecule has 0 amide bonds. The molecule has 0 atom stereocenters.